The molecule has 0 aliphatic carbocycles. The van der Waals surface area contributed by atoms with Gasteiger partial charge in [-0.2, -0.15) is 4.31 Å². The molecule has 1 atom stereocenters. The van der Waals surface area contributed by atoms with Gasteiger partial charge in [-0.3, -0.25) is 4.79 Å². The van der Waals surface area contributed by atoms with Gasteiger partial charge in [0.1, 0.15) is 0 Å². The van der Waals surface area contributed by atoms with Crippen LogP contribution in [0.3, 0.4) is 0 Å². The predicted molar refractivity (Wildman–Crippen MR) is 108 cm³/mol. The lowest BCUT2D eigenvalue weighted by Crippen LogP contribution is -2.52. The Labute approximate surface area is 174 Å². The number of aliphatic hydroxyl groups is 1. The van der Waals surface area contributed by atoms with E-state index >= 15 is 0 Å². The normalized spacial score (nSPS) is 18.2. The lowest BCUT2D eigenvalue weighted by Gasteiger charge is -2.42. The number of rotatable bonds is 5. The number of carbonyl (C=O) groups excluding carboxylic acids is 1. The van der Waals surface area contributed by atoms with E-state index in [1.165, 1.54) is 22.6 Å². The molecule has 0 saturated carbocycles. The Morgan fingerprint density at radius 1 is 1.07 bits per heavy atom. The third-order valence-electron chi connectivity index (χ3n) is 5.30. The molecule has 7 nitrogen and oxygen atoms in total. The maximum Gasteiger partial charge on any atom is 0.261 e. The van der Waals surface area contributed by atoms with Crippen LogP contribution in [-0.4, -0.2) is 66.4 Å². The maximum atomic E-state index is 12.7. The minimum Gasteiger partial charge on any atom is -0.395 e. The number of pyridine rings is 1. The Kier molecular flexibility index (Phi) is 5.44. The zero-order chi connectivity index (χ0) is 20.6. The summed E-state index contributed by atoms with van der Waals surface area (Å²) in [4.78, 5) is 18.3. The van der Waals surface area contributed by atoms with Crippen LogP contribution < -0.4 is 0 Å². The van der Waals surface area contributed by atoms with Crippen molar-refractivity contribution in [2.45, 2.75) is 10.9 Å². The van der Waals surface area contributed by atoms with Crippen molar-refractivity contribution in [1.82, 2.24) is 14.2 Å². The average molecular weight is 434 g/mol. The number of aromatic nitrogens is 1. The summed E-state index contributed by atoms with van der Waals surface area (Å²) in [6, 6.07) is 12.1. The first kappa shape index (κ1) is 20.0. The molecule has 1 amide bonds. The van der Waals surface area contributed by atoms with Crippen LogP contribution in [0.2, 0.25) is 5.02 Å². The molecular weight excluding hydrogens is 414 g/mol. The number of carbonyl (C=O) groups is 1. The molecule has 29 heavy (non-hydrogen) atoms. The zero-order valence-corrected chi connectivity index (χ0v) is 17.1. The van der Waals surface area contributed by atoms with Crippen molar-refractivity contribution in [1.29, 1.82) is 0 Å². The molecule has 9 heteroatoms. The van der Waals surface area contributed by atoms with Crippen molar-refractivity contribution in [2.24, 2.45) is 0 Å². The summed E-state index contributed by atoms with van der Waals surface area (Å²) in [5, 5.41) is 10.0. The number of aliphatic hydroxyl groups excluding tert-OH is 1. The molecule has 2 fully saturated rings. The van der Waals surface area contributed by atoms with E-state index in [1.807, 2.05) is 30.3 Å². The van der Waals surface area contributed by atoms with Crippen molar-refractivity contribution in [3.05, 3.63) is 70.4 Å². The summed E-state index contributed by atoms with van der Waals surface area (Å²) in [7, 11) is -3.64. The van der Waals surface area contributed by atoms with Crippen LogP contribution in [0.25, 0.3) is 0 Å². The Balaban J connectivity index is 1.37. The smallest absolute Gasteiger partial charge is 0.261 e. The second-order valence-corrected chi connectivity index (χ2v) is 9.46. The first-order chi connectivity index (χ1) is 13.9. The molecule has 1 N–H and O–H groups in total. The fourth-order valence-electron chi connectivity index (χ4n) is 3.45. The number of likely N-dealkylation sites (tertiary alicyclic amines) is 1. The van der Waals surface area contributed by atoms with Gasteiger partial charge in [-0.15, -0.1) is 0 Å². The molecule has 0 spiro atoms. The molecule has 2 saturated heterocycles. The summed E-state index contributed by atoms with van der Waals surface area (Å²) in [6.07, 6.45) is 1.31. The largest absolute Gasteiger partial charge is 0.395 e. The number of hydrogen-bond donors (Lipinski definition) is 1. The molecule has 3 heterocycles. The number of nitrogens with zero attached hydrogens (tertiary/aromatic N) is 3. The van der Waals surface area contributed by atoms with Gasteiger partial charge >= 0.3 is 0 Å². The highest BCUT2D eigenvalue weighted by atomic mass is 35.5. The van der Waals surface area contributed by atoms with E-state index in [0.717, 1.165) is 16.7 Å². The van der Waals surface area contributed by atoms with Gasteiger partial charge in [-0.05, 0) is 28.8 Å². The third kappa shape index (κ3) is 3.81. The summed E-state index contributed by atoms with van der Waals surface area (Å²) in [6.45, 7) is 1.33. The Hall–Kier alpha value is -2.26. The molecule has 2 aromatic rings. The molecule has 152 valence electrons. The van der Waals surface area contributed by atoms with Gasteiger partial charge in [0.05, 0.1) is 17.5 Å². The van der Waals surface area contributed by atoms with Gasteiger partial charge in [0.25, 0.3) is 10.0 Å². The summed E-state index contributed by atoms with van der Waals surface area (Å²) in [5.41, 5.74) is 2.91. The average Bonchev–Trinajstić information content (AvgIpc) is 2.64. The Bertz CT molecular complexity index is 1040. The van der Waals surface area contributed by atoms with E-state index in [4.69, 9.17) is 11.6 Å². The van der Waals surface area contributed by atoms with Gasteiger partial charge in [0.2, 0.25) is 5.91 Å². The van der Waals surface area contributed by atoms with E-state index < -0.39 is 15.9 Å². The number of benzene rings is 1. The van der Waals surface area contributed by atoms with Crippen LogP contribution >= 0.6 is 11.6 Å². The zero-order valence-electron chi connectivity index (χ0n) is 15.5. The highest BCUT2D eigenvalue weighted by Gasteiger charge is 2.39. The third-order valence-corrected chi connectivity index (χ3v) is 7.23. The molecular formula is C20H20ClN3O4S. The quantitative estimate of drug-likeness (QED) is 0.724. The Morgan fingerprint density at radius 2 is 1.72 bits per heavy atom. The summed E-state index contributed by atoms with van der Waals surface area (Å²) in [5.74, 6) is -0.686. The first-order valence-electron chi connectivity index (χ1n) is 9.16. The van der Waals surface area contributed by atoms with Crippen molar-refractivity contribution >= 4 is 27.5 Å². The monoisotopic (exact) mass is 433 g/mol. The lowest BCUT2D eigenvalue weighted by atomic mass is 9.92. The van der Waals surface area contributed by atoms with E-state index in [0.29, 0.717) is 31.2 Å². The van der Waals surface area contributed by atoms with Crippen LogP contribution in [0, 0.1) is 0 Å². The van der Waals surface area contributed by atoms with Crippen molar-refractivity contribution in [3.8, 4) is 0 Å². The first-order valence-corrected chi connectivity index (χ1v) is 11.0. The number of amides is 1. The minimum atomic E-state index is -3.64. The van der Waals surface area contributed by atoms with Gasteiger partial charge in [0.15, 0.2) is 5.03 Å². The van der Waals surface area contributed by atoms with E-state index in [2.05, 4.69) is 4.98 Å². The van der Waals surface area contributed by atoms with Crippen molar-refractivity contribution in [3.63, 3.8) is 0 Å². The molecule has 1 aromatic heterocycles. The van der Waals surface area contributed by atoms with Gasteiger partial charge < -0.3 is 10.0 Å². The molecule has 0 bridgehead atoms. The van der Waals surface area contributed by atoms with Crippen molar-refractivity contribution < 1.29 is 18.3 Å². The number of halogens is 1. The summed E-state index contributed by atoms with van der Waals surface area (Å²) < 4.78 is 26.5. The van der Waals surface area contributed by atoms with Crippen LogP contribution in [0.1, 0.15) is 11.5 Å². The maximum absolute atomic E-state index is 12.7. The summed E-state index contributed by atoms with van der Waals surface area (Å²) >= 11 is 5.77. The SMILES string of the molecule is O=C([C@H](CO)c1ccccc1)N1CC(=C2CN(S(=O)(=O)c3ccc(Cl)cn3)C2)C1. The highest BCUT2D eigenvalue weighted by molar-refractivity contribution is 7.89. The van der Waals surface area contributed by atoms with Gasteiger partial charge in [-0.1, -0.05) is 41.9 Å². The highest BCUT2D eigenvalue weighted by Crippen LogP contribution is 2.31. The molecule has 4 rings (SSSR count). The van der Waals surface area contributed by atoms with Gasteiger partial charge in [-0.25, -0.2) is 13.4 Å². The molecule has 0 unspecified atom stereocenters. The fourth-order valence-corrected chi connectivity index (χ4v) is 4.90. The van der Waals surface area contributed by atoms with Crippen LogP contribution in [0.4, 0.5) is 0 Å². The molecule has 2 aliphatic heterocycles. The standard InChI is InChI=1S/C20H20ClN3O4S/c21-17-6-7-19(22-8-17)29(27,28)24-11-16(12-24)15-9-23(10-15)20(26)18(13-25)14-4-2-1-3-5-14/h1-8,18,25H,9-13H2/t18-/m1/s1. The minimum absolute atomic E-state index is 0.0231. The topological polar surface area (TPSA) is 90.8 Å². The lowest BCUT2D eigenvalue weighted by molar-refractivity contribution is -0.135. The van der Waals surface area contributed by atoms with Crippen LogP contribution in [0.15, 0.2) is 64.8 Å². The van der Waals surface area contributed by atoms with Crippen molar-refractivity contribution in [2.75, 3.05) is 32.8 Å². The molecule has 0 radical (unpaired) electrons. The van der Waals surface area contributed by atoms with Gasteiger partial charge in [0, 0.05) is 32.4 Å². The Morgan fingerprint density at radius 3 is 2.31 bits per heavy atom. The molecule has 2 aliphatic rings. The van der Waals surface area contributed by atoms with E-state index in [-0.39, 0.29) is 17.5 Å². The van der Waals surface area contributed by atoms with E-state index in [9.17, 15) is 18.3 Å². The number of hydrogen-bond acceptors (Lipinski definition) is 5. The van der Waals surface area contributed by atoms with Crippen LogP contribution in [-0.2, 0) is 14.8 Å². The predicted octanol–water partition coefficient (Wildman–Crippen LogP) is 1.65. The number of sulfonamides is 1. The fraction of sp³-hybridized carbons (Fsp3) is 0.300. The second-order valence-electron chi connectivity index (χ2n) is 7.14. The second kappa shape index (κ2) is 7.87. The molecule has 1 aromatic carbocycles. The van der Waals surface area contributed by atoms with E-state index in [1.54, 1.807) is 4.90 Å². The van der Waals surface area contributed by atoms with Crippen LogP contribution in [0.5, 0.6) is 0 Å².